The van der Waals surface area contributed by atoms with Crippen molar-refractivity contribution in [3.63, 3.8) is 0 Å². The van der Waals surface area contributed by atoms with Crippen LogP contribution in [0.4, 0.5) is 105 Å². The summed E-state index contributed by atoms with van der Waals surface area (Å²) in [7, 11) is -2.55. The van der Waals surface area contributed by atoms with E-state index in [2.05, 4.69) is 11.2 Å². The van der Waals surface area contributed by atoms with Crippen LogP contribution in [0.5, 0.6) is 0 Å². The summed E-state index contributed by atoms with van der Waals surface area (Å²) < 4.78 is 353. The lowest BCUT2D eigenvalue weighted by Gasteiger charge is -2.46. The molecule has 0 aliphatic carbocycles. The highest BCUT2D eigenvalue weighted by atomic mass is 32.2. The van der Waals surface area contributed by atoms with E-state index in [4.69, 9.17) is 0 Å². The van der Waals surface area contributed by atoms with Crippen LogP contribution in [0.1, 0.15) is 60.4 Å². The first-order valence-corrected chi connectivity index (χ1v) is 25.0. The van der Waals surface area contributed by atoms with Crippen molar-refractivity contribution in [2.45, 2.75) is 49.4 Å². The van der Waals surface area contributed by atoms with Gasteiger partial charge in [-0.15, -0.1) is 0 Å². The molecule has 7 aromatic rings. The van der Waals surface area contributed by atoms with Crippen LogP contribution in [-0.2, 0) is 63.6 Å². The number of hydrogen-bond donors (Lipinski definition) is 0. The van der Waals surface area contributed by atoms with E-state index in [1.165, 1.54) is 0 Å². The summed E-state index contributed by atoms with van der Waals surface area (Å²) >= 11 is 0. The topological polar surface area (TPSA) is 34.1 Å². The molecule has 0 saturated heterocycles. The number of ketones is 1. The number of benzene rings is 7. The lowest BCUT2D eigenvalue weighted by Crippen LogP contribution is -2.75. The molecule has 2 nitrogen and oxygen atoms in total. The second-order valence-corrected chi connectivity index (χ2v) is 20.8. The van der Waals surface area contributed by atoms with Crippen molar-refractivity contribution in [1.29, 1.82) is 0 Å². The summed E-state index contributed by atoms with van der Waals surface area (Å²) in [5, 5.41) is 2.77. The zero-order valence-corrected chi connectivity index (χ0v) is 41.9. The number of carbonyl (C=O) groups excluding carboxylic acids is 1. The third kappa shape index (κ3) is 15.7. The molecule has 0 fully saturated rings. The first kappa shape index (κ1) is 64.5. The Kier molecular flexibility index (Phi) is 17.7. The highest BCUT2D eigenvalue weighted by molar-refractivity contribution is 8.07. The van der Waals surface area contributed by atoms with Crippen LogP contribution >= 0.6 is 0 Å². The van der Waals surface area contributed by atoms with E-state index in [9.17, 15) is 114 Å². The van der Waals surface area contributed by atoms with Crippen molar-refractivity contribution in [2.75, 3.05) is 12.0 Å². The van der Waals surface area contributed by atoms with Crippen molar-refractivity contribution in [3.05, 3.63) is 213 Å². The third-order valence-electron chi connectivity index (χ3n) is 12.3. The number of Topliss-reactive ketones (excluding diaryl/α,β-unsaturated/α-hetero) is 1. The molecule has 440 valence electrons. The molecule has 83 heavy (non-hydrogen) atoms. The summed E-state index contributed by atoms with van der Waals surface area (Å²) in [5.41, 5.74) is -26.7. The Balaban J connectivity index is 0.000000352. The van der Waals surface area contributed by atoms with E-state index < -0.39 is 205 Å². The molecule has 0 bridgehead atoms. The maximum absolute atomic E-state index is 14.2. The van der Waals surface area contributed by atoms with Crippen molar-refractivity contribution in [2.24, 2.45) is 0 Å². The van der Waals surface area contributed by atoms with E-state index in [0.29, 0.717) is 5.56 Å². The summed E-state index contributed by atoms with van der Waals surface area (Å²) in [6, 6.07) is 17.9. The van der Waals surface area contributed by atoms with E-state index in [0.717, 1.165) is 16.7 Å². The van der Waals surface area contributed by atoms with E-state index >= 15 is 0 Å². The molecule has 7 aromatic carbocycles. The number of rotatable bonds is 8. The molecule has 28 heteroatoms. The van der Waals surface area contributed by atoms with Crippen molar-refractivity contribution < 1.29 is 114 Å². The number of hydrogen-bond acceptors (Lipinski definition) is 2. The first-order chi connectivity index (χ1) is 37.8. The highest BCUT2D eigenvalue weighted by Gasteiger charge is 2.47. The van der Waals surface area contributed by atoms with Gasteiger partial charge in [-0.2, -0.15) is 127 Å². The Labute approximate surface area is 454 Å². The minimum atomic E-state index is -6.13. The van der Waals surface area contributed by atoms with Crippen molar-refractivity contribution >= 4 is 43.7 Å². The SMILES string of the molecule is C[S+](=O)(C#Cc1ccccc1)CC(=O)c1ccc(-c2ccccc2)cc1.FC(F)(F)c1cc([B-](c2cc(C(F)(F)F)cc(C(F)(F)F)c2)(c2cc(C(F)(F)F)cc(C(F)(F)F)c2)c2cc(C(F)(F)F)cc(C(F)(F)F)c2)cc(C(F)(F)F)c1. The fourth-order valence-electron chi connectivity index (χ4n) is 8.61. The van der Waals surface area contributed by atoms with Gasteiger partial charge in [0.05, 0.1) is 44.5 Å². The molecule has 0 saturated carbocycles. The van der Waals surface area contributed by atoms with Gasteiger partial charge in [-0.25, -0.2) is 0 Å². The lowest BCUT2D eigenvalue weighted by molar-refractivity contribution is -0.144. The second-order valence-electron chi connectivity index (χ2n) is 18.3. The van der Waals surface area contributed by atoms with Gasteiger partial charge in [-0.05, 0) is 53.4 Å². The molecule has 1 atom stereocenters. The summed E-state index contributed by atoms with van der Waals surface area (Å²) in [6.07, 6.45) is -53.3. The molecular weight excluding hydrogens is 1190 g/mol. The summed E-state index contributed by atoms with van der Waals surface area (Å²) in [6.45, 7) is 0. The van der Waals surface area contributed by atoms with Crippen LogP contribution in [0.15, 0.2) is 158 Å². The predicted molar refractivity (Wildman–Crippen MR) is 258 cm³/mol. The maximum Gasteiger partial charge on any atom is 0.416 e. The molecule has 0 spiro atoms. The van der Waals surface area contributed by atoms with Gasteiger partial charge in [-0.1, -0.05) is 126 Å². The van der Waals surface area contributed by atoms with Gasteiger partial charge in [-0.3, -0.25) is 4.79 Å². The molecule has 7 rings (SSSR count). The van der Waals surface area contributed by atoms with Crippen molar-refractivity contribution in [1.82, 2.24) is 0 Å². The fraction of sp³-hybridized carbons (Fsp3) is 0.182. The zero-order chi connectivity index (χ0) is 62.3. The average molecular weight is 1220 g/mol. The molecule has 0 N–H and O–H groups in total. The zero-order valence-electron chi connectivity index (χ0n) is 41.1. The molecular formula is C55H31BF24O2S. The Morgan fingerprint density at radius 1 is 0.361 bits per heavy atom. The molecule has 0 amide bonds. The molecule has 0 aliphatic rings. The average Bonchev–Trinajstić information content (AvgIpc) is 3.51. The number of carbonyl (C=O) groups is 1. The Hall–Kier alpha value is -7.70. The molecule has 0 heterocycles. The molecule has 1 unspecified atom stereocenters. The second kappa shape index (κ2) is 22.8. The van der Waals surface area contributed by atoms with Crippen LogP contribution in [0.25, 0.3) is 11.1 Å². The van der Waals surface area contributed by atoms with Gasteiger partial charge in [0, 0.05) is 11.1 Å². The first-order valence-electron chi connectivity index (χ1n) is 22.9. The Bertz CT molecular complexity index is 3160. The van der Waals surface area contributed by atoms with Gasteiger partial charge < -0.3 is 0 Å². The maximum atomic E-state index is 14.2. The van der Waals surface area contributed by atoms with Crippen LogP contribution < -0.4 is 21.9 Å². The van der Waals surface area contributed by atoms with Crippen LogP contribution in [0.3, 0.4) is 0 Å². The third-order valence-corrected chi connectivity index (χ3v) is 13.7. The predicted octanol–water partition coefficient (Wildman–Crippen LogP) is 15.9. The number of halogens is 24. The summed E-state index contributed by atoms with van der Waals surface area (Å²) in [5.74, 6) is 2.67. The van der Waals surface area contributed by atoms with Gasteiger partial charge in [0.25, 0.3) is 0 Å². The van der Waals surface area contributed by atoms with Gasteiger partial charge in [0.1, 0.15) is 12.4 Å². The van der Waals surface area contributed by atoms with E-state index in [1.807, 2.05) is 72.8 Å². The normalized spacial score (nSPS) is 13.7. The number of alkyl halides is 24. The smallest absolute Gasteiger partial charge is 0.289 e. The Morgan fingerprint density at radius 3 is 0.855 bits per heavy atom. The molecule has 0 aliphatic heterocycles. The molecule has 0 radical (unpaired) electrons. The van der Waals surface area contributed by atoms with Gasteiger partial charge in [0.2, 0.25) is 5.78 Å². The fourth-order valence-corrected chi connectivity index (χ4v) is 9.68. The monoisotopic (exact) mass is 1220 g/mol. The Morgan fingerprint density at radius 2 is 0.602 bits per heavy atom. The standard InChI is InChI=1S/C32H12BF24.C23H19O2S/c34-25(35,36)13-1-14(26(37,38)39)6-21(5-13)33(22-7-15(27(40,41)42)2-16(8-22)28(43,44)45,23-9-17(29(46,47)48)3-18(10-23)30(49,50)51)24-11-19(31(52,53)54)4-20(12-24)32(55,56)57;1-26(25,17-16-19-8-4-2-5-9-19)18-23(24)22-14-12-21(13-15-22)20-10-6-3-7-11-20/h1-12H;2-15H,18H2,1H3/q-1;+1. The molecule has 0 aromatic heterocycles. The van der Waals surface area contributed by atoms with E-state index in [-0.39, 0.29) is 11.5 Å². The van der Waals surface area contributed by atoms with Crippen molar-refractivity contribution in [3.8, 4) is 22.3 Å². The minimum absolute atomic E-state index is 0.0719. The van der Waals surface area contributed by atoms with E-state index in [1.54, 1.807) is 18.4 Å². The van der Waals surface area contributed by atoms with Crippen LogP contribution in [0.2, 0.25) is 0 Å². The minimum Gasteiger partial charge on any atom is -0.289 e. The van der Waals surface area contributed by atoms with Crippen LogP contribution in [-0.4, -0.2) is 23.9 Å². The quantitative estimate of drug-likeness (QED) is 0.0500. The largest absolute Gasteiger partial charge is 0.416 e. The summed E-state index contributed by atoms with van der Waals surface area (Å²) in [4.78, 5) is 12.5. The van der Waals surface area contributed by atoms with Gasteiger partial charge in [0.15, 0.2) is 20.9 Å². The highest BCUT2D eigenvalue weighted by Crippen LogP contribution is 2.41. The lowest BCUT2D eigenvalue weighted by atomic mass is 9.12. The van der Waals surface area contributed by atoms with Crippen LogP contribution in [0, 0.1) is 11.2 Å². The van der Waals surface area contributed by atoms with Gasteiger partial charge >= 0.3 is 49.4 Å².